The third kappa shape index (κ3) is 3.18. The number of nitrogens with two attached hydrogens (primary N) is 1. The molecule has 3 N–H and O–H groups in total. The lowest BCUT2D eigenvalue weighted by Gasteiger charge is -2.04. The van der Waals surface area contributed by atoms with Gasteiger partial charge in [0.15, 0.2) is 0 Å². The molecule has 64 valence electrons. The summed E-state index contributed by atoms with van der Waals surface area (Å²) < 4.78 is 0. The first-order valence-electron chi connectivity index (χ1n) is 3.80. The fourth-order valence-electron chi connectivity index (χ4n) is 0.865. The lowest BCUT2D eigenvalue weighted by molar-refractivity contribution is -0.117. The quantitative estimate of drug-likeness (QED) is 0.278. The molecule has 1 amide bonds. The first-order chi connectivity index (χ1) is 5.13. The lowest BCUT2D eigenvalue weighted by Crippen LogP contribution is -2.31. The summed E-state index contributed by atoms with van der Waals surface area (Å²) in [5.41, 5.74) is 3.95. The molecule has 0 rings (SSSR count). The van der Waals surface area contributed by atoms with E-state index >= 15 is 0 Å². The number of allylic oxidation sites excluding steroid dienone is 1. The van der Waals surface area contributed by atoms with Gasteiger partial charge in [-0.3, -0.25) is 10.2 Å². The van der Waals surface area contributed by atoms with E-state index in [1.54, 1.807) is 6.92 Å². The van der Waals surface area contributed by atoms with Crippen LogP contribution in [0.2, 0.25) is 0 Å². The highest BCUT2D eigenvalue weighted by molar-refractivity contribution is 5.92. The molecule has 11 heavy (non-hydrogen) atoms. The monoisotopic (exact) mass is 156 g/mol. The number of nitrogens with one attached hydrogen (secondary N) is 1. The molecule has 0 spiro atoms. The second kappa shape index (κ2) is 4.91. The van der Waals surface area contributed by atoms with Crippen molar-refractivity contribution in [2.24, 2.45) is 5.84 Å². The number of hydrogen-bond acceptors (Lipinski definition) is 2. The normalized spacial score (nSPS) is 12.4. The second-order valence-electron chi connectivity index (χ2n) is 2.63. The highest BCUT2D eigenvalue weighted by Gasteiger charge is 2.03. The Morgan fingerprint density at radius 1 is 1.45 bits per heavy atom. The van der Waals surface area contributed by atoms with E-state index in [2.05, 4.69) is 12.3 Å². The minimum absolute atomic E-state index is 0.184. The molecule has 3 heteroatoms. The average Bonchev–Trinajstić information content (AvgIpc) is 2.02. The van der Waals surface area contributed by atoms with Crippen LogP contribution >= 0.6 is 0 Å². The molecule has 0 aromatic heterocycles. The van der Waals surface area contributed by atoms with E-state index in [-0.39, 0.29) is 5.91 Å². The summed E-state index contributed by atoms with van der Waals surface area (Å²) in [5.74, 6) is 4.79. The maximum absolute atomic E-state index is 10.9. The third-order valence-electron chi connectivity index (χ3n) is 1.74. The highest BCUT2D eigenvalue weighted by Crippen LogP contribution is 2.09. The lowest BCUT2D eigenvalue weighted by atomic mass is 10.1. The minimum atomic E-state index is -0.184. The predicted molar refractivity (Wildman–Crippen MR) is 45.6 cm³/mol. The Labute approximate surface area is 67.6 Å². The molecule has 0 aromatic rings. The molecule has 0 saturated heterocycles. The number of hydrogen-bond donors (Lipinski definition) is 2. The fraction of sp³-hybridized carbons (Fsp3) is 0.625. The van der Waals surface area contributed by atoms with E-state index in [1.807, 2.05) is 6.92 Å². The van der Waals surface area contributed by atoms with Gasteiger partial charge in [0.2, 0.25) is 0 Å². The summed E-state index contributed by atoms with van der Waals surface area (Å²) >= 11 is 0. The van der Waals surface area contributed by atoms with Crippen LogP contribution in [0.5, 0.6) is 0 Å². The van der Waals surface area contributed by atoms with Gasteiger partial charge in [0.05, 0.1) is 0 Å². The number of carbonyl (C=O) groups excluding carboxylic acids is 1. The third-order valence-corrected chi connectivity index (χ3v) is 1.74. The van der Waals surface area contributed by atoms with Gasteiger partial charge in [-0.1, -0.05) is 18.9 Å². The van der Waals surface area contributed by atoms with Crippen LogP contribution in [0.15, 0.2) is 11.1 Å². The van der Waals surface area contributed by atoms with Gasteiger partial charge in [-0.2, -0.15) is 0 Å². The van der Waals surface area contributed by atoms with Crippen molar-refractivity contribution in [1.29, 1.82) is 0 Å². The van der Waals surface area contributed by atoms with E-state index in [0.717, 1.165) is 24.0 Å². The summed E-state index contributed by atoms with van der Waals surface area (Å²) in [6.45, 7) is 5.82. The van der Waals surface area contributed by atoms with Gasteiger partial charge >= 0.3 is 0 Å². The van der Waals surface area contributed by atoms with Crippen molar-refractivity contribution in [3.8, 4) is 0 Å². The summed E-state index contributed by atoms with van der Waals surface area (Å²) in [7, 11) is 0. The van der Waals surface area contributed by atoms with E-state index in [1.165, 1.54) is 0 Å². The molecule has 0 atom stereocenters. The molecule has 0 aliphatic carbocycles. The highest BCUT2D eigenvalue weighted by atomic mass is 16.2. The molecule has 0 fully saturated rings. The topological polar surface area (TPSA) is 55.1 Å². The number of amides is 1. The molecular weight excluding hydrogens is 140 g/mol. The van der Waals surface area contributed by atoms with Crippen molar-refractivity contribution in [2.75, 3.05) is 0 Å². The maximum atomic E-state index is 10.9. The van der Waals surface area contributed by atoms with Gasteiger partial charge in [0.1, 0.15) is 0 Å². The SMILES string of the molecule is CCCC(C)=C(C)C(=O)NN. The molecule has 3 nitrogen and oxygen atoms in total. The minimum Gasteiger partial charge on any atom is -0.290 e. The van der Waals surface area contributed by atoms with Crippen molar-refractivity contribution in [3.63, 3.8) is 0 Å². The first-order valence-corrected chi connectivity index (χ1v) is 3.80. The van der Waals surface area contributed by atoms with Crippen LogP contribution in [0, 0.1) is 0 Å². The molecule has 0 radical (unpaired) electrons. The Bertz CT molecular complexity index is 173. The largest absolute Gasteiger partial charge is 0.290 e. The molecule has 0 saturated carbocycles. The van der Waals surface area contributed by atoms with Crippen molar-refractivity contribution in [3.05, 3.63) is 11.1 Å². The zero-order valence-electron chi connectivity index (χ0n) is 7.40. The van der Waals surface area contributed by atoms with Crippen LogP contribution in [0.25, 0.3) is 0 Å². The molecule has 0 aromatic carbocycles. The molecule has 0 aliphatic rings. The Hall–Kier alpha value is -0.830. The van der Waals surface area contributed by atoms with Crippen LogP contribution < -0.4 is 11.3 Å². The van der Waals surface area contributed by atoms with Gasteiger partial charge in [0, 0.05) is 5.57 Å². The van der Waals surface area contributed by atoms with Crippen molar-refractivity contribution in [2.45, 2.75) is 33.6 Å². The predicted octanol–water partition coefficient (Wildman–Crippen LogP) is 1.11. The van der Waals surface area contributed by atoms with Crippen molar-refractivity contribution < 1.29 is 4.79 Å². The van der Waals surface area contributed by atoms with Crippen LogP contribution in [0.1, 0.15) is 33.6 Å². The second-order valence-corrected chi connectivity index (χ2v) is 2.63. The van der Waals surface area contributed by atoms with Gasteiger partial charge in [-0.05, 0) is 20.3 Å². The van der Waals surface area contributed by atoms with Gasteiger partial charge in [-0.15, -0.1) is 0 Å². The first kappa shape index (κ1) is 10.2. The van der Waals surface area contributed by atoms with Crippen molar-refractivity contribution >= 4 is 5.91 Å². The van der Waals surface area contributed by atoms with E-state index in [0.29, 0.717) is 0 Å². The zero-order valence-corrected chi connectivity index (χ0v) is 7.40. The van der Waals surface area contributed by atoms with Gasteiger partial charge < -0.3 is 0 Å². The Morgan fingerprint density at radius 2 is 2.00 bits per heavy atom. The molecule has 0 bridgehead atoms. The van der Waals surface area contributed by atoms with E-state index in [4.69, 9.17) is 5.84 Å². The van der Waals surface area contributed by atoms with Crippen molar-refractivity contribution in [1.82, 2.24) is 5.43 Å². The summed E-state index contributed by atoms with van der Waals surface area (Å²) in [6.07, 6.45) is 2.01. The summed E-state index contributed by atoms with van der Waals surface area (Å²) in [4.78, 5) is 10.9. The number of rotatable bonds is 3. The molecular formula is C8H16N2O. The maximum Gasteiger partial charge on any atom is 0.260 e. The average molecular weight is 156 g/mol. The van der Waals surface area contributed by atoms with Crippen LogP contribution in [-0.4, -0.2) is 5.91 Å². The number of hydrazine groups is 1. The molecule has 0 heterocycles. The molecule has 0 aliphatic heterocycles. The Morgan fingerprint density at radius 3 is 2.36 bits per heavy atom. The van der Waals surface area contributed by atoms with Gasteiger partial charge in [-0.25, -0.2) is 5.84 Å². The van der Waals surface area contributed by atoms with E-state index < -0.39 is 0 Å². The van der Waals surface area contributed by atoms with Crippen LogP contribution in [0.4, 0.5) is 0 Å². The van der Waals surface area contributed by atoms with E-state index in [9.17, 15) is 4.79 Å². The summed E-state index contributed by atoms with van der Waals surface area (Å²) in [6, 6.07) is 0. The zero-order chi connectivity index (χ0) is 8.85. The Balaban J connectivity index is 4.26. The summed E-state index contributed by atoms with van der Waals surface area (Å²) in [5, 5.41) is 0. The fourth-order valence-corrected chi connectivity index (χ4v) is 0.865. The van der Waals surface area contributed by atoms with Crippen LogP contribution in [0.3, 0.4) is 0 Å². The standard InChI is InChI=1S/C8H16N2O/c1-4-5-6(2)7(3)8(11)10-9/h4-5,9H2,1-3H3,(H,10,11). The molecule has 0 unspecified atom stereocenters. The number of carbonyl (C=O) groups is 1. The Kier molecular flexibility index (Phi) is 4.54. The van der Waals surface area contributed by atoms with Gasteiger partial charge in [0.25, 0.3) is 5.91 Å². The smallest absolute Gasteiger partial charge is 0.260 e. The van der Waals surface area contributed by atoms with Crippen LogP contribution in [-0.2, 0) is 4.79 Å².